The van der Waals surface area contributed by atoms with Crippen LogP contribution in [0.1, 0.15) is 53.0 Å². The summed E-state index contributed by atoms with van der Waals surface area (Å²) in [4.78, 5) is 27.2. The van der Waals surface area contributed by atoms with Gasteiger partial charge in [-0.25, -0.2) is 0 Å². The highest BCUT2D eigenvalue weighted by atomic mass is 16.2. The van der Waals surface area contributed by atoms with E-state index in [1.807, 2.05) is 24.3 Å². The van der Waals surface area contributed by atoms with E-state index in [9.17, 15) is 9.59 Å². The normalized spacial score (nSPS) is 15.6. The number of nitrogens with one attached hydrogen (secondary N) is 1. The monoisotopic (exact) mass is 316 g/mol. The van der Waals surface area contributed by atoms with Gasteiger partial charge in [0.25, 0.3) is 0 Å². The molecule has 0 unspecified atom stereocenters. The molecule has 1 heterocycles. The first-order valence-electron chi connectivity index (χ1n) is 8.34. The van der Waals surface area contributed by atoms with Crippen LogP contribution >= 0.6 is 0 Å². The van der Waals surface area contributed by atoms with Gasteiger partial charge in [0.15, 0.2) is 0 Å². The van der Waals surface area contributed by atoms with Crippen LogP contribution in [-0.4, -0.2) is 29.8 Å². The topological polar surface area (TPSA) is 49.4 Å². The smallest absolute Gasteiger partial charge is 0.239 e. The number of hydrogen-bond acceptors (Lipinski definition) is 2. The first-order valence-corrected chi connectivity index (χ1v) is 8.34. The number of carbonyl (C=O) groups is 2. The third-order valence-electron chi connectivity index (χ3n) is 4.48. The van der Waals surface area contributed by atoms with Crippen molar-refractivity contribution in [2.24, 2.45) is 5.41 Å². The molecular formula is C19H28N2O2. The zero-order valence-electron chi connectivity index (χ0n) is 14.9. The minimum absolute atomic E-state index is 0.0764. The molecule has 23 heavy (non-hydrogen) atoms. The lowest BCUT2D eigenvalue weighted by Gasteiger charge is -2.29. The van der Waals surface area contributed by atoms with Gasteiger partial charge < -0.3 is 10.2 Å². The highest BCUT2D eigenvalue weighted by molar-refractivity contribution is 6.10. The Balaban J connectivity index is 2.20. The van der Waals surface area contributed by atoms with Gasteiger partial charge in [-0.2, -0.15) is 0 Å². The van der Waals surface area contributed by atoms with Gasteiger partial charge in [-0.3, -0.25) is 9.59 Å². The Bertz CT molecular complexity index is 594. The van der Waals surface area contributed by atoms with Crippen LogP contribution in [0.4, 0.5) is 5.69 Å². The lowest BCUT2D eigenvalue weighted by Crippen LogP contribution is -2.46. The molecule has 0 bridgehead atoms. The summed E-state index contributed by atoms with van der Waals surface area (Å²) in [7, 11) is 0. The molecule has 1 aliphatic heterocycles. The van der Waals surface area contributed by atoms with Crippen LogP contribution in [0.5, 0.6) is 0 Å². The number of benzene rings is 1. The molecule has 2 rings (SSSR count). The molecule has 0 atom stereocenters. The molecule has 2 amide bonds. The van der Waals surface area contributed by atoms with E-state index in [1.54, 1.807) is 18.7 Å². The maximum Gasteiger partial charge on any atom is 0.239 e. The molecular weight excluding hydrogens is 288 g/mol. The minimum Gasteiger partial charge on any atom is -0.342 e. The van der Waals surface area contributed by atoms with Crippen molar-refractivity contribution in [2.45, 2.75) is 52.9 Å². The van der Waals surface area contributed by atoms with Gasteiger partial charge in [0.2, 0.25) is 11.8 Å². The Morgan fingerprint density at radius 3 is 2.13 bits per heavy atom. The summed E-state index contributed by atoms with van der Waals surface area (Å²) in [5.41, 5.74) is 0.715. The van der Waals surface area contributed by atoms with E-state index in [0.29, 0.717) is 0 Å². The maximum atomic E-state index is 12.8. The Labute approximate surface area is 139 Å². The van der Waals surface area contributed by atoms with Crippen LogP contribution < -0.4 is 5.32 Å². The third-order valence-corrected chi connectivity index (χ3v) is 4.48. The number of rotatable bonds is 3. The third kappa shape index (κ3) is 3.74. The van der Waals surface area contributed by atoms with E-state index >= 15 is 0 Å². The van der Waals surface area contributed by atoms with Crippen molar-refractivity contribution in [3.63, 3.8) is 0 Å². The quantitative estimate of drug-likeness (QED) is 0.867. The highest BCUT2D eigenvalue weighted by Crippen LogP contribution is 2.31. The van der Waals surface area contributed by atoms with Gasteiger partial charge >= 0.3 is 0 Å². The van der Waals surface area contributed by atoms with E-state index in [1.165, 1.54) is 0 Å². The van der Waals surface area contributed by atoms with E-state index in [0.717, 1.165) is 37.2 Å². The van der Waals surface area contributed by atoms with E-state index < -0.39 is 5.41 Å². The number of likely N-dealkylation sites (tertiary alicyclic amines) is 1. The predicted molar refractivity (Wildman–Crippen MR) is 93.4 cm³/mol. The van der Waals surface area contributed by atoms with Crippen molar-refractivity contribution in [2.75, 3.05) is 18.4 Å². The number of amides is 2. The van der Waals surface area contributed by atoms with E-state index in [-0.39, 0.29) is 17.2 Å². The maximum absolute atomic E-state index is 12.8. The van der Waals surface area contributed by atoms with Crippen molar-refractivity contribution in [1.29, 1.82) is 0 Å². The molecule has 1 aromatic rings. The van der Waals surface area contributed by atoms with Gasteiger partial charge in [-0.05, 0) is 43.7 Å². The molecule has 4 heteroatoms. The summed E-state index contributed by atoms with van der Waals surface area (Å²) in [6, 6.07) is 7.79. The zero-order chi connectivity index (χ0) is 17.3. The molecule has 0 radical (unpaired) electrons. The summed E-state index contributed by atoms with van der Waals surface area (Å²) < 4.78 is 0. The Morgan fingerprint density at radius 2 is 1.57 bits per heavy atom. The van der Waals surface area contributed by atoms with Crippen LogP contribution in [0.25, 0.3) is 0 Å². The molecule has 1 saturated heterocycles. The van der Waals surface area contributed by atoms with E-state index in [4.69, 9.17) is 0 Å². The van der Waals surface area contributed by atoms with Crippen molar-refractivity contribution >= 4 is 17.5 Å². The average Bonchev–Trinajstić information content (AvgIpc) is 2.99. The second-order valence-electron chi connectivity index (χ2n) is 7.87. The van der Waals surface area contributed by atoms with Crippen LogP contribution in [-0.2, 0) is 15.0 Å². The molecule has 0 aromatic heterocycles. The largest absolute Gasteiger partial charge is 0.342 e. The molecule has 1 aromatic carbocycles. The van der Waals surface area contributed by atoms with Gasteiger partial charge in [0, 0.05) is 18.8 Å². The summed E-state index contributed by atoms with van der Waals surface area (Å²) >= 11 is 0. The molecule has 1 N–H and O–H groups in total. The lowest BCUT2D eigenvalue weighted by atomic mass is 9.85. The number of hydrogen-bond donors (Lipinski definition) is 1. The van der Waals surface area contributed by atoms with Crippen molar-refractivity contribution in [3.8, 4) is 0 Å². The van der Waals surface area contributed by atoms with Crippen LogP contribution in [0.15, 0.2) is 24.3 Å². The zero-order valence-corrected chi connectivity index (χ0v) is 14.9. The minimum atomic E-state index is -1.06. The molecule has 0 aliphatic carbocycles. The fraction of sp³-hybridized carbons (Fsp3) is 0.579. The molecule has 4 nitrogen and oxygen atoms in total. The summed E-state index contributed by atoms with van der Waals surface area (Å²) in [5.74, 6) is -0.327. The molecule has 0 spiro atoms. The van der Waals surface area contributed by atoms with Gasteiger partial charge in [0.05, 0.1) is 0 Å². The lowest BCUT2D eigenvalue weighted by molar-refractivity contribution is -0.145. The van der Waals surface area contributed by atoms with Crippen LogP contribution in [0, 0.1) is 5.41 Å². The SMILES string of the molecule is CC(C)(C(=O)Nc1ccccc1C(C)(C)C)C(=O)N1CCCC1. The van der Waals surface area contributed by atoms with Gasteiger partial charge in [-0.15, -0.1) is 0 Å². The fourth-order valence-electron chi connectivity index (χ4n) is 2.94. The number of anilines is 1. The molecule has 1 fully saturated rings. The van der Waals surface area contributed by atoms with E-state index in [2.05, 4.69) is 26.1 Å². The fourth-order valence-corrected chi connectivity index (χ4v) is 2.94. The second kappa shape index (κ2) is 6.34. The highest BCUT2D eigenvalue weighted by Gasteiger charge is 2.40. The Morgan fingerprint density at radius 1 is 1.00 bits per heavy atom. The second-order valence-corrected chi connectivity index (χ2v) is 7.87. The van der Waals surface area contributed by atoms with Crippen molar-refractivity contribution in [1.82, 2.24) is 4.90 Å². The van der Waals surface area contributed by atoms with Crippen LogP contribution in [0.3, 0.4) is 0 Å². The van der Waals surface area contributed by atoms with Gasteiger partial charge in [-0.1, -0.05) is 39.0 Å². The number of carbonyl (C=O) groups excluding carboxylic acids is 2. The number of para-hydroxylation sites is 1. The van der Waals surface area contributed by atoms with Gasteiger partial charge in [0.1, 0.15) is 5.41 Å². The average molecular weight is 316 g/mol. The number of nitrogens with zero attached hydrogens (tertiary/aromatic N) is 1. The Hall–Kier alpha value is -1.84. The first kappa shape index (κ1) is 17.5. The predicted octanol–water partition coefficient (Wildman–Crippen LogP) is 3.57. The first-order chi connectivity index (χ1) is 10.6. The molecule has 0 saturated carbocycles. The summed E-state index contributed by atoms with van der Waals surface area (Å²) in [6.45, 7) is 11.3. The molecule has 126 valence electrons. The Kier molecular flexibility index (Phi) is 4.83. The molecule has 1 aliphatic rings. The van der Waals surface area contributed by atoms with Crippen molar-refractivity contribution < 1.29 is 9.59 Å². The summed E-state index contributed by atoms with van der Waals surface area (Å²) in [5, 5.41) is 2.98. The van der Waals surface area contributed by atoms with Crippen LogP contribution in [0.2, 0.25) is 0 Å². The summed E-state index contributed by atoms with van der Waals surface area (Å²) in [6.07, 6.45) is 2.05. The standard InChI is InChI=1S/C19H28N2O2/c1-18(2,3)14-10-6-7-11-15(14)20-16(22)19(4,5)17(23)21-12-8-9-13-21/h6-7,10-11H,8-9,12-13H2,1-5H3,(H,20,22). The van der Waals surface area contributed by atoms with Crippen molar-refractivity contribution in [3.05, 3.63) is 29.8 Å².